The fourth-order valence-corrected chi connectivity index (χ4v) is 0. The van der Waals surface area contributed by atoms with Crippen molar-refractivity contribution in [2.45, 2.75) is 0 Å². The summed E-state index contributed by atoms with van der Waals surface area (Å²) in [6, 6.07) is 0. The van der Waals surface area contributed by atoms with E-state index in [4.69, 9.17) is 16.0 Å². The monoisotopic (exact) mass is 270 g/mol. The predicted molar refractivity (Wildman–Crippen MR) is 7.13 cm³/mol. The summed E-state index contributed by atoms with van der Waals surface area (Å²) in [6.07, 6.45) is 0. The van der Waals surface area contributed by atoms with Crippen molar-refractivity contribution in [2.75, 3.05) is 0 Å². The molecule has 0 aromatic rings. The van der Waals surface area contributed by atoms with Crippen molar-refractivity contribution in [1.82, 2.24) is 0 Å². The molecule has 0 bridgehead atoms. The summed E-state index contributed by atoms with van der Waals surface area (Å²) in [5, 5.41) is 0. The van der Waals surface area contributed by atoms with E-state index < -0.39 is 13.4 Å². The quantitative estimate of drug-likeness (QED) is 0.439. The van der Waals surface area contributed by atoms with Crippen LogP contribution in [0.5, 0.6) is 0 Å². The second-order valence-corrected chi connectivity index (χ2v) is 2.12. The molecule has 0 amide bonds. The first-order chi connectivity index (χ1) is 2.00. The van der Waals surface area contributed by atoms with Crippen molar-refractivity contribution >= 4 is 13.4 Å². The molecule has 0 aromatic carbocycles. The Morgan fingerprint density at radius 1 is 1.00 bits per heavy atom. The van der Waals surface area contributed by atoms with Gasteiger partial charge in [0.15, 0.2) is 0 Å². The summed E-state index contributed by atoms with van der Waals surface area (Å²) < 4.78 is 34.4. The van der Waals surface area contributed by atoms with Crippen molar-refractivity contribution in [2.24, 2.45) is 0 Å². The fourth-order valence-electron chi connectivity index (χ4n) is 0. The molecule has 0 aliphatic rings. The third-order valence-corrected chi connectivity index (χ3v) is 0. The first-order valence-electron chi connectivity index (χ1n) is 0.667. The van der Waals surface area contributed by atoms with Gasteiger partial charge in [-0.25, -0.2) is 0 Å². The number of hydrogen-bond donors (Lipinski definition) is 0. The summed E-state index contributed by atoms with van der Waals surface area (Å²) in [7, 11) is 0. The molecule has 4 nitrogen and oxygen atoms in total. The molecule has 0 N–H and O–H groups in total. The average molecular weight is 270 g/mol. The van der Waals surface area contributed by atoms with Crippen LogP contribution in [0.3, 0.4) is 0 Å². The molecule has 7 heavy (non-hydrogen) atoms. The number of hydrogen-bond acceptors (Lipinski definition) is 4. The Morgan fingerprint density at radius 2 is 1.00 bits per heavy atom. The molecule has 0 radical (unpaired) electrons. The van der Waals surface area contributed by atoms with Crippen LogP contribution in [0.25, 0.3) is 0 Å². The van der Waals surface area contributed by atoms with E-state index in [0.717, 1.165) is 0 Å². The van der Waals surface area contributed by atoms with E-state index >= 15 is 0 Å². The topological polar surface area (TPSA) is 80.3 Å². The molecule has 7 heteroatoms. The molecule has 0 aromatic heterocycles. The Hall–Kier alpha value is 1.08. The zero-order chi connectivity index (χ0) is 4.50. The molecule has 0 aliphatic carbocycles. The molecular weight excluding hydrogens is 270 g/mol. The maximum atomic E-state index is 8.59. The Morgan fingerprint density at radius 3 is 1.00 bits per heavy atom. The largest absolute Gasteiger partial charge is 1.00 e. The molecule has 52 valence electrons. The second kappa shape index (κ2) is 5.22. The zero-order valence-corrected chi connectivity index (χ0v) is 6.24. The van der Waals surface area contributed by atoms with Crippen LogP contribution in [-0.4, -0.2) is 13.4 Å². The van der Waals surface area contributed by atoms with Gasteiger partial charge in [-0.1, -0.05) is 0 Å². The minimum absolute atomic E-state index is 0. The normalized spacial score (nSPS) is 8.29. The van der Waals surface area contributed by atoms with Crippen LogP contribution in [-0.2, 0) is 41.8 Å². The molecule has 0 saturated carbocycles. The van der Waals surface area contributed by atoms with Gasteiger partial charge in [0.1, 0.15) is 0 Å². The minimum atomic E-state index is -5.75. The molecule has 0 aliphatic heterocycles. The molecule has 0 fully saturated rings. The van der Waals surface area contributed by atoms with Crippen molar-refractivity contribution in [3.05, 3.63) is 0 Å². The summed E-state index contributed by atoms with van der Waals surface area (Å²) in [6.45, 7) is 0. The van der Waals surface area contributed by atoms with Gasteiger partial charge >= 0.3 is 63.6 Å². The maximum absolute atomic E-state index is 8.59. The van der Waals surface area contributed by atoms with Crippen LogP contribution in [0.4, 0.5) is 0 Å². The molecule has 0 heterocycles. The third kappa shape index (κ3) is 157. The third-order valence-electron chi connectivity index (χ3n) is 0. The molecule has 0 atom stereocenters. The van der Waals surface area contributed by atoms with Gasteiger partial charge in [-0.05, 0) is 0 Å². The molecule has 0 rings (SSSR count). The molecule has 0 unspecified atom stereocenters. The van der Waals surface area contributed by atoms with Gasteiger partial charge in [-0.15, -0.1) is 0 Å². The maximum Gasteiger partial charge on any atom is 1.00 e. The van der Waals surface area contributed by atoms with E-state index in [1.807, 2.05) is 0 Å². The smallest absolute Gasteiger partial charge is 1.00 e. The van der Waals surface area contributed by atoms with Crippen LogP contribution >= 0.6 is 0 Å². The Labute approximate surface area is 63.5 Å². The Kier molecular flexibility index (Phi) is 11.7. The van der Waals surface area contributed by atoms with E-state index in [9.17, 15) is 0 Å². The van der Waals surface area contributed by atoms with Crippen molar-refractivity contribution in [3.8, 4) is 0 Å². The standard InChI is InChI=1S/2Cu.H2O4Se/c;;1-5(2,3)4/h;;(H2,1,2,3,4)/q2*+1;/p-2. The van der Waals surface area contributed by atoms with Gasteiger partial charge in [-0.2, -0.15) is 0 Å². The summed E-state index contributed by atoms with van der Waals surface area (Å²) >= 11 is -5.75. The van der Waals surface area contributed by atoms with Crippen LogP contribution in [0, 0.1) is 0 Å². The van der Waals surface area contributed by atoms with E-state index in [-0.39, 0.29) is 34.1 Å². The average Bonchev–Trinajstić information content (AvgIpc) is 0.722. The SMILES string of the molecule is O=[Se](=O)([O-])[O-].[Cu+].[Cu+]. The van der Waals surface area contributed by atoms with E-state index in [2.05, 4.69) is 0 Å². The van der Waals surface area contributed by atoms with Crippen molar-refractivity contribution in [1.29, 1.82) is 0 Å². The van der Waals surface area contributed by atoms with Gasteiger partial charge in [0.2, 0.25) is 0 Å². The van der Waals surface area contributed by atoms with E-state index in [1.54, 1.807) is 0 Å². The van der Waals surface area contributed by atoms with Crippen LogP contribution in [0.1, 0.15) is 0 Å². The Bertz CT molecular complexity index is 92.9. The van der Waals surface area contributed by atoms with E-state index in [1.165, 1.54) is 0 Å². The van der Waals surface area contributed by atoms with Crippen LogP contribution in [0.2, 0.25) is 0 Å². The van der Waals surface area contributed by atoms with Gasteiger partial charge in [0.05, 0.1) is 0 Å². The molecule has 0 saturated heterocycles. The summed E-state index contributed by atoms with van der Waals surface area (Å²) in [4.78, 5) is 0. The van der Waals surface area contributed by atoms with Crippen molar-refractivity contribution in [3.63, 3.8) is 0 Å². The first-order valence-corrected chi connectivity index (χ1v) is 3.46. The van der Waals surface area contributed by atoms with Gasteiger partial charge in [-0.3, -0.25) is 0 Å². The van der Waals surface area contributed by atoms with E-state index in [0.29, 0.717) is 0 Å². The fraction of sp³-hybridized carbons (Fsp3) is 0. The van der Waals surface area contributed by atoms with Crippen LogP contribution in [0.15, 0.2) is 0 Å². The second-order valence-electron chi connectivity index (χ2n) is 0.408. The predicted octanol–water partition coefficient (Wildman–Crippen LogP) is -3.00. The first kappa shape index (κ1) is 15.7. The van der Waals surface area contributed by atoms with Gasteiger partial charge in [0, 0.05) is 0 Å². The molecule has 0 spiro atoms. The Balaban J connectivity index is -0.0000000800. The van der Waals surface area contributed by atoms with Crippen molar-refractivity contribution < 1.29 is 50.2 Å². The zero-order valence-electron chi connectivity index (χ0n) is 2.64. The van der Waals surface area contributed by atoms with Gasteiger partial charge < -0.3 is 0 Å². The van der Waals surface area contributed by atoms with Crippen LogP contribution < -0.4 is 8.38 Å². The molecular formula is Cu2O4Se. The van der Waals surface area contributed by atoms with Gasteiger partial charge in [0.25, 0.3) is 0 Å². The summed E-state index contributed by atoms with van der Waals surface area (Å²) in [5.74, 6) is 0. The minimum Gasteiger partial charge on any atom is 1.00 e. The summed E-state index contributed by atoms with van der Waals surface area (Å²) in [5.41, 5.74) is 0. The number of rotatable bonds is 0.